The third-order valence-electron chi connectivity index (χ3n) is 4.18. The van der Waals surface area contributed by atoms with Crippen LogP contribution in [0, 0.1) is 11.3 Å². The van der Waals surface area contributed by atoms with Crippen molar-refractivity contribution in [1.82, 2.24) is 10.2 Å². The van der Waals surface area contributed by atoms with Crippen LogP contribution in [-0.4, -0.2) is 49.8 Å². The minimum absolute atomic E-state index is 0.195. The molecule has 1 N–H and O–H groups in total. The largest absolute Gasteiger partial charge is 0.381 e. The fourth-order valence-corrected chi connectivity index (χ4v) is 2.94. The highest BCUT2D eigenvalue weighted by Crippen LogP contribution is 2.31. The van der Waals surface area contributed by atoms with E-state index in [1.54, 1.807) is 0 Å². The standard InChI is InChI=1S/C17H36N2O/c1-7-19(12-15(2)3)14-17(8-10-20-11-9-17)13-18-16(4,5)6/h15,18H,7-14H2,1-6H3. The molecule has 0 aromatic rings. The smallest absolute Gasteiger partial charge is 0.0472 e. The van der Waals surface area contributed by atoms with Gasteiger partial charge in [0.2, 0.25) is 0 Å². The van der Waals surface area contributed by atoms with E-state index < -0.39 is 0 Å². The van der Waals surface area contributed by atoms with Crippen LogP contribution in [0.4, 0.5) is 0 Å². The molecule has 3 heteroatoms. The minimum Gasteiger partial charge on any atom is -0.381 e. The van der Waals surface area contributed by atoms with E-state index in [0.717, 1.165) is 32.2 Å². The molecular formula is C17H36N2O. The summed E-state index contributed by atoms with van der Waals surface area (Å²) in [6, 6.07) is 0. The lowest BCUT2D eigenvalue weighted by Crippen LogP contribution is -2.51. The van der Waals surface area contributed by atoms with Crippen LogP contribution in [0.3, 0.4) is 0 Å². The Morgan fingerprint density at radius 3 is 2.25 bits per heavy atom. The molecule has 0 aromatic heterocycles. The van der Waals surface area contributed by atoms with Crippen LogP contribution in [-0.2, 0) is 4.74 Å². The molecule has 0 amide bonds. The van der Waals surface area contributed by atoms with Gasteiger partial charge in [0.25, 0.3) is 0 Å². The molecule has 0 spiro atoms. The predicted octanol–water partition coefficient (Wildman–Crippen LogP) is 3.15. The Bertz CT molecular complexity index is 265. The molecule has 1 aliphatic rings. The third-order valence-corrected chi connectivity index (χ3v) is 4.18. The van der Waals surface area contributed by atoms with Crippen LogP contribution >= 0.6 is 0 Å². The summed E-state index contributed by atoms with van der Waals surface area (Å²) in [4.78, 5) is 2.63. The molecule has 1 heterocycles. The molecule has 1 aliphatic heterocycles. The Labute approximate surface area is 126 Å². The summed E-state index contributed by atoms with van der Waals surface area (Å²) < 4.78 is 5.61. The number of rotatable bonds is 7. The zero-order valence-electron chi connectivity index (χ0n) is 14.6. The summed E-state index contributed by atoms with van der Waals surface area (Å²) in [5.74, 6) is 0.738. The number of hydrogen-bond donors (Lipinski definition) is 1. The van der Waals surface area contributed by atoms with Gasteiger partial charge in [-0.2, -0.15) is 0 Å². The van der Waals surface area contributed by atoms with Gasteiger partial charge >= 0.3 is 0 Å². The van der Waals surface area contributed by atoms with E-state index in [-0.39, 0.29) is 5.54 Å². The summed E-state index contributed by atoms with van der Waals surface area (Å²) in [6.07, 6.45) is 2.37. The molecule has 20 heavy (non-hydrogen) atoms. The fraction of sp³-hybridized carbons (Fsp3) is 1.00. The van der Waals surface area contributed by atoms with Crippen molar-refractivity contribution in [2.75, 3.05) is 39.4 Å². The summed E-state index contributed by atoms with van der Waals surface area (Å²) in [6.45, 7) is 20.2. The lowest BCUT2D eigenvalue weighted by molar-refractivity contribution is -0.00789. The summed E-state index contributed by atoms with van der Waals surface area (Å²) in [5.41, 5.74) is 0.580. The lowest BCUT2D eigenvalue weighted by atomic mass is 9.78. The predicted molar refractivity (Wildman–Crippen MR) is 87.2 cm³/mol. The van der Waals surface area contributed by atoms with Gasteiger partial charge in [0.05, 0.1) is 0 Å². The van der Waals surface area contributed by atoms with Crippen molar-refractivity contribution < 1.29 is 4.74 Å². The van der Waals surface area contributed by atoms with Crippen LogP contribution in [0.2, 0.25) is 0 Å². The Morgan fingerprint density at radius 2 is 1.80 bits per heavy atom. The van der Waals surface area contributed by atoms with E-state index in [9.17, 15) is 0 Å². The number of nitrogens with one attached hydrogen (secondary N) is 1. The molecule has 0 atom stereocenters. The molecule has 0 saturated carbocycles. The highest BCUT2D eigenvalue weighted by molar-refractivity contribution is 4.89. The van der Waals surface area contributed by atoms with Gasteiger partial charge in [0.1, 0.15) is 0 Å². The molecule has 0 radical (unpaired) electrons. The van der Waals surface area contributed by atoms with Crippen molar-refractivity contribution in [3.05, 3.63) is 0 Å². The Balaban J connectivity index is 2.66. The maximum atomic E-state index is 5.61. The van der Waals surface area contributed by atoms with Gasteiger partial charge in [-0.1, -0.05) is 20.8 Å². The van der Waals surface area contributed by atoms with Crippen LogP contribution in [0.15, 0.2) is 0 Å². The Morgan fingerprint density at radius 1 is 1.20 bits per heavy atom. The van der Waals surface area contributed by atoms with Crippen LogP contribution < -0.4 is 5.32 Å². The molecule has 0 aliphatic carbocycles. The monoisotopic (exact) mass is 284 g/mol. The van der Waals surface area contributed by atoms with E-state index in [0.29, 0.717) is 5.41 Å². The van der Waals surface area contributed by atoms with Crippen molar-refractivity contribution in [3.8, 4) is 0 Å². The number of ether oxygens (including phenoxy) is 1. The first-order chi connectivity index (χ1) is 9.26. The van der Waals surface area contributed by atoms with Gasteiger partial charge in [-0.25, -0.2) is 0 Å². The third kappa shape index (κ3) is 6.55. The van der Waals surface area contributed by atoms with Crippen LogP contribution in [0.25, 0.3) is 0 Å². The zero-order chi connectivity index (χ0) is 15.2. The van der Waals surface area contributed by atoms with Gasteiger partial charge < -0.3 is 15.0 Å². The first kappa shape index (κ1) is 17.9. The van der Waals surface area contributed by atoms with E-state index in [1.165, 1.54) is 25.9 Å². The maximum absolute atomic E-state index is 5.61. The van der Waals surface area contributed by atoms with Crippen molar-refractivity contribution in [1.29, 1.82) is 0 Å². The maximum Gasteiger partial charge on any atom is 0.0472 e. The quantitative estimate of drug-likeness (QED) is 0.777. The molecule has 3 nitrogen and oxygen atoms in total. The van der Waals surface area contributed by atoms with Gasteiger partial charge in [-0.15, -0.1) is 0 Å². The molecular weight excluding hydrogens is 248 g/mol. The molecule has 120 valence electrons. The Hall–Kier alpha value is -0.120. The second kappa shape index (κ2) is 7.77. The van der Waals surface area contributed by atoms with Crippen molar-refractivity contribution in [3.63, 3.8) is 0 Å². The van der Waals surface area contributed by atoms with Crippen molar-refractivity contribution >= 4 is 0 Å². The molecule has 0 bridgehead atoms. The number of nitrogens with zero attached hydrogens (tertiary/aromatic N) is 1. The van der Waals surface area contributed by atoms with Crippen molar-refractivity contribution in [2.45, 2.75) is 59.9 Å². The molecule has 1 saturated heterocycles. The average Bonchev–Trinajstić information content (AvgIpc) is 2.36. The molecule has 1 fully saturated rings. The summed E-state index contributed by atoms with van der Waals surface area (Å²) >= 11 is 0. The molecule has 0 unspecified atom stereocenters. The first-order valence-electron chi connectivity index (χ1n) is 8.31. The van der Waals surface area contributed by atoms with Gasteiger partial charge in [0.15, 0.2) is 0 Å². The summed E-state index contributed by atoms with van der Waals surface area (Å²) in [7, 11) is 0. The first-order valence-corrected chi connectivity index (χ1v) is 8.31. The van der Waals surface area contributed by atoms with E-state index in [2.05, 4.69) is 51.8 Å². The topological polar surface area (TPSA) is 24.5 Å². The van der Waals surface area contributed by atoms with E-state index >= 15 is 0 Å². The summed E-state index contributed by atoms with van der Waals surface area (Å²) in [5, 5.41) is 3.73. The highest BCUT2D eigenvalue weighted by atomic mass is 16.5. The normalized spacial score (nSPS) is 19.8. The van der Waals surface area contributed by atoms with E-state index in [4.69, 9.17) is 4.74 Å². The second-order valence-electron chi connectivity index (χ2n) is 7.94. The zero-order valence-corrected chi connectivity index (χ0v) is 14.6. The average molecular weight is 284 g/mol. The lowest BCUT2D eigenvalue weighted by Gasteiger charge is -2.43. The highest BCUT2D eigenvalue weighted by Gasteiger charge is 2.35. The van der Waals surface area contributed by atoms with Gasteiger partial charge in [-0.05, 0) is 51.5 Å². The van der Waals surface area contributed by atoms with Crippen LogP contribution in [0.5, 0.6) is 0 Å². The van der Waals surface area contributed by atoms with Gasteiger partial charge in [-0.3, -0.25) is 0 Å². The van der Waals surface area contributed by atoms with E-state index in [1.807, 2.05) is 0 Å². The molecule has 1 rings (SSSR count). The SMILES string of the molecule is CCN(CC(C)C)CC1(CNC(C)(C)C)CCOCC1. The second-order valence-corrected chi connectivity index (χ2v) is 7.94. The van der Waals surface area contributed by atoms with Crippen molar-refractivity contribution in [2.24, 2.45) is 11.3 Å². The Kier molecular flexibility index (Phi) is 6.96. The fourth-order valence-electron chi connectivity index (χ4n) is 2.94. The minimum atomic E-state index is 0.195. The van der Waals surface area contributed by atoms with Gasteiger partial charge in [0, 0.05) is 38.4 Å². The molecule has 0 aromatic carbocycles. The number of hydrogen-bond acceptors (Lipinski definition) is 3. The van der Waals surface area contributed by atoms with Crippen LogP contribution in [0.1, 0.15) is 54.4 Å².